The molecule has 1 rings (SSSR count). The minimum Gasteiger partial charge on any atom is -0.396 e. The van der Waals surface area contributed by atoms with E-state index in [1.807, 2.05) is 13.8 Å². The molecule has 1 aromatic rings. The molecule has 6 nitrogen and oxygen atoms in total. The molecule has 0 saturated carbocycles. The van der Waals surface area contributed by atoms with E-state index in [9.17, 15) is 9.59 Å². The lowest BCUT2D eigenvalue weighted by molar-refractivity contribution is 0.0925. The molecule has 1 amide bonds. The summed E-state index contributed by atoms with van der Waals surface area (Å²) in [7, 11) is 1.53. The van der Waals surface area contributed by atoms with Crippen molar-refractivity contribution in [2.75, 3.05) is 13.2 Å². The van der Waals surface area contributed by atoms with Crippen LogP contribution in [-0.4, -0.2) is 33.9 Å². The fourth-order valence-electron chi connectivity index (χ4n) is 1.91. The highest BCUT2D eigenvalue weighted by molar-refractivity contribution is 5.95. The number of hydrogen-bond acceptors (Lipinski definition) is 4. The van der Waals surface area contributed by atoms with Gasteiger partial charge in [-0.05, 0) is 31.2 Å². The minimum atomic E-state index is -0.398. The first kappa shape index (κ1) is 16.4. The van der Waals surface area contributed by atoms with Crippen molar-refractivity contribution in [2.24, 2.45) is 12.5 Å². The Labute approximate surface area is 118 Å². The second-order valence-electron chi connectivity index (χ2n) is 5.83. The zero-order valence-corrected chi connectivity index (χ0v) is 12.8. The Morgan fingerprint density at radius 1 is 1.40 bits per heavy atom. The van der Waals surface area contributed by atoms with E-state index in [-0.39, 0.29) is 23.5 Å². The predicted molar refractivity (Wildman–Crippen MR) is 76.8 cm³/mol. The number of carbonyl (C=O) groups excluding carboxylic acids is 1. The summed E-state index contributed by atoms with van der Waals surface area (Å²) in [5, 5.41) is 15.8. The average Bonchev–Trinajstić information content (AvgIpc) is 2.34. The summed E-state index contributed by atoms with van der Waals surface area (Å²) in [6.45, 7) is 7.85. The molecule has 0 aliphatic heterocycles. The largest absolute Gasteiger partial charge is 0.396 e. The van der Waals surface area contributed by atoms with Crippen LogP contribution in [0.15, 0.2) is 4.79 Å². The van der Waals surface area contributed by atoms with Gasteiger partial charge in [-0.2, -0.15) is 5.10 Å². The second kappa shape index (κ2) is 6.17. The van der Waals surface area contributed by atoms with Crippen molar-refractivity contribution in [3.05, 3.63) is 27.2 Å². The van der Waals surface area contributed by atoms with Crippen molar-refractivity contribution >= 4 is 5.91 Å². The number of amides is 1. The van der Waals surface area contributed by atoms with E-state index in [4.69, 9.17) is 5.11 Å². The average molecular weight is 281 g/mol. The molecule has 0 spiro atoms. The number of aliphatic hydroxyl groups excluding tert-OH is 1. The Hall–Kier alpha value is -1.69. The number of nitrogens with one attached hydrogen (secondary N) is 1. The molecule has 1 aromatic heterocycles. The van der Waals surface area contributed by atoms with E-state index < -0.39 is 5.56 Å². The highest BCUT2D eigenvalue weighted by Gasteiger charge is 2.22. The first-order valence-electron chi connectivity index (χ1n) is 6.63. The zero-order chi connectivity index (χ0) is 15.5. The van der Waals surface area contributed by atoms with Crippen molar-refractivity contribution in [1.29, 1.82) is 0 Å². The van der Waals surface area contributed by atoms with Crippen LogP contribution in [0.5, 0.6) is 0 Å². The van der Waals surface area contributed by atoms with Crippen LogP contribution in [0.25, 0.3) is 0 Å². The highest BCUT2D eigenvalue weighted by atomic mass is 16.3. The summed E-state index contributed by atoms with van der Waals surface area (Å²) >= 11 is 0. The van der Waals surface area contributed by atoms with Crippen LogP contribution < -0.4 is 10.9 Å². The molecule has 1 heterocycles. The van der Waals surface area contributed by atoms with Gasteiger partial charge in [0.05, 0.1) is 5.69 Å². The maximum absolute atomic E-state index is 12.2. The van der Waals surface area contributed by atoms with Gasteiger partial charge in [-0.15, -0.1) is 0 Å². The normalized spacial score (nSPS) is 11.5. The standard InChI is InChI=1S/C14H23N3O3/c1-9-10(2)16-17(5)13(20)11(9)12(19)15-8-14(3,4)6-7-18/h18H,6-8H2,1-5H3,(H,15,19). The molecule has 2 N–H and O–H groups in total. The lowest BCUT2D eigenvalue weighted by atomic mass is 9.89. The van der Waals surface area contributed by atoms with Gasteiger partial charge in [0.1, 0.15) is 5.56 Å². The second-order valence-corrected chi connectivity index (χ2v) is 5.83. The maximum Gasteiger partial charge on any atom is 0.279 e. The molecular weight excluding hydrogens is 258 g/mol. The monoisotopic (exact) mass is 281 g/mol. The summed E-state index contributed by atoms with van der Waals surface area (Å²) in [5.41, 5.74) is 0.786. The number of aliphatic hydroxyl groups is 1. The Balaban J connectivity index is 2.97. The summed E-state index contributed by atoms with van der Waals surface area (Å²) in [6.07, 6.45) is 0.583. The molecule has 0 saturated heterocycles. The Bertz CT molecular complexity index is 562. The lowest BCUT2D eigenvalue weighted by Crippen LogP contribution is -2.39. The molecule has 0 aliphatic carbocycles. The number of hydrogen-bond donors (Lipinski definition) is 2. The maximum atomic E-state index is 12.2. The van der Waals surface area contributed by atoms with Crippen molar-refractivity contribution in [2.45, 2.75) is 34.1 Å². The zero-order valence-electron chi connectivity index (χ0n) is 12.8. The molecular formula is C14H23N3O3. The molecule has 112 valence electrons. The summed E-state index contributed by atoms with van der Waals surface area (Å²) in [6, 6.07) is 0. The van der Waals surface area contributed by atoms with Crippen LogP contribution in [-0.2, 0) is 7.05 Å². The Kier molecular flexibility index (Phi) is 5.05. The van der Waals surface area contributed by atoms with Gasteiger partial charge in [0, 0.05) is 20.2 Å². The third kappa shape index (κ3) is 3.66. The summed E-state index contributed by atoms with van der Waals surface area (Å²) < 4.78 is 1.18. The van der Waals surface area contributed by atoms with Crippen LogP contribution in [0.2, 0.25) is 0 Å². The van der Waals surface area contributed by atoms with Gasteiger partial charge in [0.2, 0.25) is 0 Å². The van der Waals surface area contributed by atoms with Crippen LogP contribution in [0.1, 0.15) is 41.9 Å². The first-order chi connectivity index (χ1) is 9.19. The van der Waals surface area contributed by atoms with E-state index >= 15 is 0 Å². The predicted octanol–water partition coefficient (Wildman–Crippen LogP) is 0.536. The van der Waals surface area contributed by atoms with Crippen LogP contribution in [0.4, 0.5) is 0 Å². The molecule has 0 aliphatic rings. The fraction of sp³-hybridized carbons (Fsp3) is 0.643. The van der Waals surface area contributed by atoms with Crippen molar-refractivity contribution in [1.82, 2.24) is 15.1 Å². The van der Waals surface area contributed by atoms with Gasteiger partial charge in [-0.3, -0.25) is 9.59 Å². The SMILES string of the molecule is Cc1nn(C)c(=O)c(C(=O)NCC(C)(C)CCO)c1C. The molecule has 6 heteroatoms. The van der Waals surface area contributed by atoms with E-state index in [1.54, 1.807) is 13.8 Å². The molecule has 20 heavy (non-hydrogen) atoms. The van der Waals surface area contributed by atoms with E-state index in [0.29, 0.717) is 24.2 Å². The lowest BCUT2D eigenvalue weighted by Gasteiger charge is -2.24. The van der Waals surface area contributed by atoms with Gasteiger partial charge < -0.3 is 10.4 Å². The quantitative estimate of drug-likeness (QED) is 0.825. The topological polar surface area (TPSA) is 84.2 Å². The molecule has 0 radical (unpaired) electrons. The summed E-state index contributed by atoms with van der Waals surface area (Å²) in [4.78, 5) is 24.3. The number of aryl methyl sites for hydroxylation is 2. The minimum absolute atomic E-state index is 0.0675. The van der Waals surface area contributed by atoms with Crippen molar-refractivity contribution < 1.29 is 9.90 Å². The van der Waals surface area contributed by atoms with Crippen LogP contribution >= 0.6 is 0 Å². The third-order valence-corrected chi connectivity index (χ3v) is 3.47. The highest BCUT2D eigenvalue weighted by Crippen LogP contribution is 2.18. The van der Waals surface area contributed by atoms with Crippen LogP contribution in [0, 0.1) is 19.3 Å². The molecule has 0 bridgehead atoms. The molecule has 0 fully saturated rings. The van der Waals surface area contributed by atoms with Gasteiger partial charge in [0.25, 0.3) is 11.5 Å². The van der Waals surface area contributed by atoms with E-state index in [1.165, 1.54) is 11.7 Å². The van der Waals surface area contributed by atoms with Gasteiger partial charge in [0.15, 0.2) is 0 Å². The van der Waals surface area contributed by atoms with Crippen molar-refractivity contribution in [3.8, 4) is 0 Å². The number of carbonyl (C=O) groups is 1. The van der Waals surface area contributed by atoms with Gasteiger partial charge in [-0.1, -0.05) is 13.8 Å². The number of nitrogens with zero attached hydrogens (tertiary/aromatic N) is 2. The van der Waals surface area contributed by atoms with E-state index in [0.717, 1.165) is 0 Å². The summed E-state index contributed by atoms with van der Waals surface area (Å²) in [5.74, 6) is -0.389. The Morgan fingerprint density at radius 2 is 2.00 bits per heavy atom. The smallest absolute Gasteiger partial charge is 0.279 e. The fourth-order valence-corrected chi connectivity index (χ4v) is 1.91. The van der Waals surface area contributed by atoms with Gasteiger partial charge >= 0.3 is 0 Å². The molecule has 0 atom stereocenters. The third-order valence-electron chi connectivity index (χ3n) is 3.47. The Morgan fingerprint density at radius 3 is 2.55 bits per heavy atom. The molecule has 0 aromatic carbocycles. The first-order valence-corrected chi connectivity index (χ1v) is 6.63. The van der Waals surface area contributed by atoms with Gasteiger partial charge in [-0.25, -0.2) is 4.68 Å². The van der Waals surface area contributed by atoms with E-state index in [2.05, 4.69) is 10.4 Å². The number of aromatic nitrogens is 2. The van der Waals surface area contributed by atoms with Crippen LogP contribution in [0.3, 0.4) is 0 Å². The van der Waals surface area contributed by atoms with Crippen molar-refractivity contribution in [3.63, 3.8) is 0 Å². The molecule has 0 unspecified atom stereocenters. The number of rotatable bonds is 5.